The van der Waals surface area contributed by atoms with Gasteiger partial charge in [-0.2, -0.15) is 0 Å². The molecule has 0 radical (unpaired) electrons. The monoisotopic (exact) mass is 406 g/mol. The molecule has 7 nitrogen and oxygen atoms in total. The van der Waals surface area contributed by atoms with Crippen LogP contribution in [0.25, 0.3) is 0 Å². The van der Waals surface area contributed by atoms with E-state index in [0.29, 0.717) is 19.5 Å². The third-order valence-corrected chi connectivity index (χ3v) is 5.36. The van der Waals surface area contributed by atoms with E-state index in [1.165, 1.54) is 6.07 Å². The molecule has 1 unspecified atom stereocenters. The maximum Gasteiger partial charge on any atom is 0.310 e. The minimum atomic E-state index is -0.450. The predicted molar refractivity (Wildman–Crippen MR) is 112 cm³/mol. The zero-order valence-corrected chi connectivity index (χ0v) is 16.3. The Bertz CT molecular complexity index is 1050. The number of hydrogen-bond acceptors (Lipinski definition) is 6. The van der Waals surface area contributed by atoms with Gasteiger partial charge >= 0.3 is 5.69 Å². The van der Waals surface area contributed by atoms with Crippen LogP contribution >= 0.6 is 0 Å². The molecule has 0 aromatic heterocycles. The maximum absolute atomic E-state index is 11.3. The van der Waals surface area contributed by atoms with E-state index in [4.69, 9.17) is 4.74 Å². The predicted octanol–water partition coefficient (Wildman–Crippen LogP) is 4.01. The van der Waals surface area contributed by atoms with Crippen molar-refractivity contribution in [2.24, 2.45) is 0 Å². The Morgan fingerprint density at radius 2 is 1.67 bits per heavy atom. The third kappa shape index (κ3) is 4.21. The highest BCUT2D eigenvalue weighted by atomic mass is 16.6. The Morgan fingerprint density at radius 1 is 1.00 bits per heavy atom. The summed E-state index contributed by atoms with van der Waals surface area (Å²) in [5, 5.41) is 31.1. The van der Waals surface area contributed by atoms with Gasteiger partial charge in [-0.05, 0) is 41.3 Å². The summed E-state index contributed by atoms with van der Waals surface area (Å²) >= 11 is 0. The van der Waals surface area contributed by atoms with Crippen LogP contribution in [0.3, 0.4) is 0 Å². The van der Waals surface area contributed by atoms with Crippen LogP contribution in [0.5, 0.6) is 17.2 Å². The molecule has 154 valence electrons. The molecule has 0 spiro atoms. The Hall–Kier alpha value is -3.58. The van der Waals surface area contributed by atoms with E-state index in [1.807, 2.05) is 30.3 Å². The number of phenolic OH excluding ortho intramolecular Hbond substituents is 2. The molecule has 0 aliphatic carbocycles. The Morgan fingerprint density at radius 3 is 2.40 bits per heavy atom. The SMILES string of the molecule is O=[N+]([O-])c1ccccc1OCC1Cc2cc(O)c(O)cc2CN1Cc1ccccc1. The van der Waals surface area contributed by atoms with Gasteiger partial charge in [0.1, 0.15) is 6.61 Å². The molecule has 1 aliphatic heterocycles. The summed E-state index contributed by atoms with van der Waals surface area (Å²) in [6.45, 7) is 1.51. The number of fused-ring (bicyclic) bond motifs is 1. The highest BCUT2D eigenvalue weighted by Crippen LogP contribution is 2.34. The molecule has 7 heteroatoms. The van der Waals surface area contributed by atoms with Gasteiger partial charge in [-0.25, -0.2) is 0 Å². The zero-order valence-electron chi connectivity index (χ0n) is 16.3. The first-order valence-electron chi connectivity index (χ1n) is 9.69. The van der Waals surface area contributed by atoms with E-state index in [0.717, 1.165) is 16.7 Å². The second kappa shape index (κ2) is 8.42. The molecular weight excluding hydrogens is 384 g/mol. The lowest BCUT2D eigenvalue weighted by atomic mass is 9.93. The summed E-state index contributed by atoms with van der Waals surface area (Å²) in [4.78, 5) is 13.0. The standard InChI is InChI=1S/C23H22N2O5/c26-21-11-17-10-19(15-30-23-9-5-4-8-20(23)25(28)29)24(14-18(17)12-22(21)27)13-16-6-2-1-3-7-16/h1-9,11-12,19,26-27H,10,13-15H2. The highest BCUT2D eigenvalue weighted by Gasteiger charge is 2.28. The molecule has 1 heterocycles. The van der Waals surface area contributed by atoms with E-state index >= 15 is 0 Å². The van der Waals surface area contributed by atoms with Crippen molar-refractivity contribution in [2.45, 2.75) is 25.6 Å². The number of hydrogen-bond donors (Lipinski definition) is 2. The van der Waals surface area contributed by atoms with Crippen molar-refractivity contribution in [1.82, 2.24) is 4.90 Å². The lowest BCUT2D eigenvalue weighted by Crippen LogP contribution is -2.43. The van der Waals surface area contributed by atoms with Crippen molar-refractivity contribution in [3.05, 3.63) is 93.5 Å². The molecule has 4 rings (SSSR count). The fourth-order valence-corrected chi connectivity index (χ4v) is 3.81. The van der Waals surface area contributed by atoms with Crippen LogP contribution in [-0.2, 0) is 19.5 Å². The van der Waals surface area contributed by atoms with Gasteiger partial charge in [0.25, 0.3) is 0 Å². The summed E-state index contributed by atoms with van der Waals surface area (Å²) < 4.78 is 5.88. The van der Waals surface area contributed by atoms with Crippen LogP contribution in [0, 0.1) is 10.1 Å². The molecule has 3 aromatic rings. The second-order valence-corrected chi connectivity index (χ2v) is 7.39. The minimum absolute atomic E-state index is 0.0542. The Balaban J connectivity index is 1.59. The molecule has 2 N–H and O–H groups in total. The van der Waals surface area contributed by atoms with Gasteiger partial charge in [-0.1, -0.05) is 42.5 Å². The average Bonchev–Trinajstić information content (AvgIpc) is 2.74. The molecular formula is C23H22N2O5. The third-order valence-electron chi connectivity index (χ3n) is 5.36. The molecule has 30 heavy (non-hydrogen) atoms. The van der Waals surface area contributed by atoms with E-state index in [2.05, 4.69) is 4.90 Å². The van der Waals surface area contributed by atoms with E-state index in [9.17, 15) is 20.3 Å². The number of rotatable bonds is 6. The van der Waals surface area contributed by atoms with E-state index in [-0.39, 0.29) is 35.6 Å². The van der Waals surface area contributed by atoms with Crippen LogP contribution in [0.15, 0.2) is 66.7 Å². The number of benzene rings is 3. The van der Waals surface area contributed by atoms with Crippen LogP contribution in [0.2, 0.25) is 0 Å². The lowest BCUT2D eigenvalue weighted by Gasteiger charge is -2.37. The van der Waals surface area contributed by atoms with Gasteiger partial charge < -0.3 is 14.9 Å². The van der Waals surface area contributed by atoms with E-state index < -0.39 is 4.92 Å². The van der Waals surface area contributed by atoms with Crippen molar-refractivity contribution < 1.29 is 19.9 Å². The first-order chi connectivity index (χ1) is 14.5. The topological polar surface area (TPSA) is 96.1 Å². The molecule has 0 saturated carbocycles. The fourth-order valence-electron chi connectivity index (χ4n) is 3.81. The first-order valence-corrected chi connectivity index (χ1v) is 9.69. The molecule has 1 aliphatic rings. The Kier molecular flexibility index (Phi) is 5.54. The van der Waals surface area contributed by atoms with Gasteiger partial charge in [0, 0.05) is 25.2 Å². The second-order valence-electron chi connectivity index (χ2n) is 7.39. The quantitative estimate of drug-likeness (QED) is 0.365. The van der Waals surface area contributed by atoms with Crippen LogP contribution in [0.1, 0.15) is 16.7 Å². The number of nitro benzene ring substituents is 1. The van der Waals surface area contributed by atoms with Gasteiger partial charge in [-0.15, -0.1) is 0 Å². The van der Waals surface area contributed by atoms with Crippen molar-refractivity contribution in [3.8, 4) is 17.2 Å². The normalized spacial score (nSPS) is 16.1. The number of ether oxygens (including phenoxy) is 1. The van der Waals surface area contributed by atoms with Gasteiger partial charge in [0.2, 0.25) is 0 Å². The first kappa shape index (κ1) is 19.7. The molecule has 0 fully saturated rings. The largest absolute Gasteiger partial charge is 0.504 e. The number of nitrogens with zero attached hydrogens (tertiary/aromatic N) is 2. The van der Waals surface area contributed by atoms with Crippen LogP contribution in [-0.4, -0.2) is 32.7 Å². The zero-order chi connectivity index (χ0) is 21.1. The molecule has 3 aromatic carbocycles. The summed E-state index contributed by atoms with van der Waals surface area (Å²) in [5.74, 6) is -0.0480. The summed E-state index contributed by atoms with van der Waals surface area (Å²) in [6.07, 6.45) is 0.594. The van der Waals surface area contributed by atoms with Gasteiger partial charge in [0.05, 0.1) is 4.92 Å². The molecule has 0 amide bonds. The Labute approximate surface area is 173 Å². The van der Waals surface area contributed by atoms with Crippen LogP contribution < -0.4 is 4.74 Å². The van der Waals surface area contributed by atoms with Gasteiger partial charge in [0.15, 0.2) is 17.2 Å². The maximum atomic E-state index is 11.3. The fraction of sp³-hybridized carbons (Fsp3) is 0.217. The van der Waals surface area contributed by atoms with Crippen LogP contribution in [0.4, 0.5) is 5.69 Å². The summed E-state index contributed by atoms with van der Waals surface area (Å²) in [7, 11) is 0. The summed E-state index contributed by atoms with van der Waals surface area (Å²) in [6, 6.07) is 19.5. The number of nitro groups is 1. The van der Waals surface area contributed by atoms with Crippen molar-refractivity contribution in [2.75, 3.05) is 6.61 Å². The highest BCUT2D eigenvalue weighted by molar-refractivity contribution is 5.47. The van der Waals surface area contributed by atoms with Crippen molar-refractivity contribution >= 4 is 5.69 Å². The molecule has 0 saturated heterocycles. The van der Waals surface area contributed by atoms with E-state index in [1.54, 1.807) is 30.3 Å². The summed E-state index contributed by atoms with van der Waals surface area (Å²) in [5.41, 5.74) is 2.96. The van der Waals surface area contributed by atoms with Crippen molar-refractivity contribution in [1.29, 1.82) is 0 Å². The molecule has 0 bridgehead atoms. The lowest BCUT2D eigenvalue weighted by molar-refractivity contribution is -0.385. The number of aromatic hydroxyl groups is 2. The smallest absolute Gasteiger partial charge is 0.310 e. The molecule has 1 atom stereocenters. The number of para-hydroxylation sites is 2. The number of phenols is 2. The van der Waals surface area contributed by atoms with Gasteiger partial charge in [-0.3, -0.25) is 15.0 Å². The minimum Gasteiger partial charge on any atom is -0.504 e. The average molecular weight is 406 g/mol. The van der Waals surface area contributed by atoms with Crippen molar-refractivity contribution in [3.63, 3.8) is 0 Å².